The molecule has 0 saturated carbocycles. The van der Waals surface area contributed by atoms with E-state index in [1.54, 1.807) is 0 Å². The molecule has 1 unspecified atom stereocenters. The lowest BCUT2D eigenvalue weighted by Gasteiger charge is -2.16. The zero-order chi connectivity index (χ0) is 15.9. The third kappa shape index (κ3) is 4.43. The normalized spacial score (nSPS) is 12.1. The van der Waals surface area contributed by atoms with Gasteiger partial charge in [-0.05, 0) is 18.9 Å². The number of nitrogens with zero attached hydrogens (tertiary/aromatic N) is 2. The molecule has 0 spiro atoms. The van der Waals surface area contributed by atoms with E-state index in [9.17, 15) is 5.11 Å². The number of anilines is 2. The minimum atomic E-state index is -0.383. The van der Waals surface area contributed by atoms with Crippen molar-refractivity contribution in [1.29, 1.82) is 0 Å². The number of rotatable bonds is 7. The monoisotopic (exact) mass is 300 g/mol. The van der Waals surface area contributed by atoms with E-state index in [1.165, 1.54) is 5.56 Å². The number of benzene rings is 1. The van der Waals surface area contributed by atoms with E-state index in [1.807, 2.05) is 25.1 Å². The lowest BCUT2D eigenvalue weighted by atomic mass is 10.0. The second-order valence-corrected chi connectivity index (χ2v) is 5.48. The fourth-order valence-corrected chi connectivity index (χ4v) is 2.43. The van der Waals surface area contributed by atoms with Crippen LogP contribution in [0.15, 0.2) is 30.3 Å². The molecule has 5 nitrogen and oxygen atoms in total. The van der Waals surface area contributed by atoms with Crippen LogP contribution in [0.25, 0.3) is 0 Å². The van der Waals surface area contributed by atoms with Crippen LogP contribution in [0.4, 0.5) is 11.8 Å². The van der Waals surface area contributed by atoms with Crippen LogP contribution in [-0.4, -0.2) is 27.7 Å². The van der Waals surface area contributed by atoms with Crippen LogP contribution >= 0.6 is 0 Å². The molecule has 0 bridgehead atoms. The number of nitrogens with one attached hydrogen (secondary N) is 1. The Hall–Kier alpha value is -2.14. The summed E-state index contributed by atoms with van der Waals surface area (Å²) >= 11 is 0. The van der Waals surface area contributed by atoms with Gasteiger partial charge in [-0.3, -0.25) is 0 Å². The molecular formula is C17H24N4O. The predicted octanol–water partition coefficient (Wildman–Crippen LogP) is 2.53. The molecule has 22 heavy (non-hydrogen) atoms. The minimum absolute atomic E-state index is 0.252. The number of aliphatic hydroxyl groups excluding tert-OH is 1. The first-order valence-corrected chi connectivity index (χ1v) is 7.69. The molecule has 0 aliphatic heterocycles. The molecule has 0 saturated heterocycles. The first kappa shape index (κ1) is 16.2. The van der Waals surface area contributed by atoms with Crippen molar-refractivity contribution in [3.63, 3.8) is 0 Å². The number of hydrogen-bond donors (Lipinski definition) is 3. The highest BCUT2D eigenvalue weighted by Gasteiger charge is 2.12. The van der Waals surface area contributed by atoms with Gasteiger partial charge in [-0.1, -0.05) is 43.7 Å². The summed E-state index contributed by atoms with van der Waals surface area (Å²) in [5, 5.41) is 13.1. The zero-order valence-corrected chi connectivity index (χ0v) is 13.2. The Labute approximate surface area is 131 Å². The van der Waals surface area contributed by atoms with Crippen molar-refractivity contribution < 1.29 is 5.11 Å². The average Bonchev–Trinajstić information content (AvgIpc) is 2.49. The van der Waals surface area contributed by atoms with Crippen molar-refractivity contribution in [1.82, 2.24) is 9.97 Å². The Morgan fingerprint density at radius 1 is 1.23 bits per heavy atom. The number of aliphatic hydroxyl groups is 1. The van der Waals surface area contributed by atoms with E-state index in [-0.39, 0.29) is 12.1 Å². The maximum atomic E-state index is 9.89. The Morgan fingerprint density at radius 3 is 2.64 bits per heavy atom. The van der Waals surface area contributed by atoms with Crippen LogP contribution in [0.1, 0.15) is 36.6 Å². The van der Waals surface area contributed by atoms with Crippen molar-refractivity contribution in [2.75, 3.05) is 17.6 Å². The van der Waals surface area contributed by atoms with Crippen LogP contribution in [0, 0.1) is 6.92 Å². The van der Waals surface area contributed by atoms with Gasteiger partial charge in [0.2, 0.25) is 5.95 Å². The third-order valence-corrected chi connectivity index (χ3v) is 3.58. The van der Waals surface area contributed by atoms with Crippen molar-refractivity contribution >= 4 is 11.8 Å². The molecular weight excluding hydrogens is 276 g/mol. The summed E-state index contributed by atoms with van der Waals surface area (Å²) in [5.74, 6) is 0.964. The van der Waals surface area contributed by atoms with E-state index >= 15 is 0 Å². The molecule has 0 aliphatic rings. The molecule has 4 N–H and O–H groups in total. The quantitative estimate of drug-likeness (QED) is 0.732. The van der Waals surface area contributed by atoms with Crippen LogP contribution < -0.4 is 11.1 Å². The summed E-state index contributed by atoms with van der Waals surface area (Å²) < 4.78 is 0. The Morgan fingerprint density at radius 2 is 1.95 bits per heavy atom. The lowest BCUT2D eigenvalue weighted by molar-refractivity contribution is 0.176. The molecule has 0 aliphatic carbocycles. The van der Waals surface area contributed by atoms with Gasteiger partial charge < -0.3 is 16.2 Å². The van der Waals surface area contributed by atoms with Crippen LogP contribution in [0.3, 0.4) is 0 Å². The summed E-state index contributed by atoms with van der Waals surface area (Å²) in [6, 6.07) is 10.2. The second-order valence-electron chi connectivity index (χ2n) is 5.48. The maximum Gasteiger partial charge on any atom is 0.222 e. The van der Waals surface area contributed by atoms with Crippen molar-refractivity contribution in [3.05, 3.63) is 47.2 Å². The first-order chi connectivity index (χ1) is 10.6. The van der Waals surface area contributed by atoms with Crippen LogP contribution in [-0.2, 0) is 6.42 Å². The number of nitrogen functional groups attached to an aromatic ring is 1. The Balaban J connectivity index is 2.20. The summed E-state index contributed by atoms with van der Waals surface area (Å²) in [4.78, 5) is 8.56. The van der Waals surface area contributed by atoms with Crippen molar-refractivity contribution in [3.8, 4) is 0 Å². The van der Waals surface area contributed by atoms with E-state index in [2.05, 4.69) is 34.3 Å². The molecule has 2 rings (SSSR count). The minimum Gasteiger partial charge on any atom is -0.391 e. The average molecular weight is 300 g/mol. The van der Waals surface area contributed by atoms with Gasteiger partial charge in [-0.2, -0.15) is 4.98 Å². The molecule has 118 valence electrons. The molecule has 1 aromatic carbocycles. The van der Waals surface area contributed by atoms with E-state index < -0.39 is 0 Å². The van der Waals surface area contributed by atoms with Gasteiger partial charge in [-0.15, -0.1) is 0 Å². The highest BCUT2D eigenvalue weighted by atomic mass is 16.3. The molecule has 0 amide bonds. The summed E-state index contributed by atoms with van der Waals surface area (Å²) in [5.41, 5.74) is 8.84. The predicted molar refractivity (Wildman–Crippen MR) is 89.8 cm³/mol. The van der Waals surface area contributed by atoms with Gasteiger partial charge in [0.1, 0.15) is 5.82 Å². The fourth-order valence-electron chi connectivity index (χ4n) is 2.43. The fraction of sp³-hybridized carbons (Fsp3) is 0.412. The van der Waals surface area contributed by atoms with Gasteiger partial charge in [0, 0.05) is 24.2 Å². The second kappa shape index (κ2) is 7.75. The highest BCUT2D eigenvalue weighted by molar-refractivity contribution is 5.51. The largest absolute Gasteiger partial charge is 0.391 e. The van der Waals surface area contributed by atoms with Crippen LogP contribution in [0.5, 0.6) is 0 Å². The third-order valence-electron chi connectivity index (χ3n) is 3.58. The first-order valence-electron chi connectivity index (χ1n) is 7.69. The van der Waals surface area contributed by atoms with Crippen LogP contribution in [0.2, 0.25) is 0 Å². The smallest absolute Gasteiger partial charge is 0.222 e. The highest BCUT2D eigenvalue weighted by Crippen LogP contribution is 2.21. The number of aryl methyl sites for hydroxylation is 1. The summed E-state index contributed by atoms with van der Waals surface area (Å²) in [7, 11) is 0. The lowest BCUT2D eigenvalue weighted by Crippen LogP contribution is -2.21. The summed E-state index contributed by atoms with van der Waals surface area (Å²) in [6.45, 7) is 4.45. The van der Waals surface area contributed by atoms with Gasteiger partial charge in [0.25, 0.3) is 0 Å². The Kier molecular flexibility index (Phi) is 5.72. The number of aromatic nitrogens is 2. The molecule has 0 radical (unpaired) electrons. The molecule has 5 heteroatoms. The van der Waals surface area contributed by atoms with Gasteiger partial charge in [-0.25, -0.2) is 4.98 Å². The van der Waals surface area contributed by atoms with Crippen molar-refractivity contribution in [2.24, 2.45) is 0 Å². The SMILES string of the molecule is CCCC(O)CNc1nc(N)nc(C)c1Cc1ccccc1. The summed E-state index contributed by atoms with van der Waals surface area (Å²) in [6.07, 6.45) is 2.07. The Bertz CT molecular complexity index is 601. The van der Waals surface area contributed by atoms with Gasteiger partial charge in [0.15, 0.2) is 0 Å². The topological polar surface area (TPSA) is 84.1 Å². The number of hydrogen-bond acceptors (Lipinski definition) is 5. The molecule has 1 aromatic heterocycles. The van der Waals surface area contributed by atoms with E-state index in [0.717, 1.165) is 30.5 Å². The molecule has 1 heterocycles. The van der Waals surface area contributed by atoms with Gasteiger partial charge in [0.05, 0.1) is 6.10 Å². The zero-order valence-electron chi connectivity index (χ0n) is 13.2. The maximum absolute atomic E-state index is 9.89. The van der Waals surface area contributed by atoms with E-state index in [0.29, 0.717) is 12.4 Å². The molecule has 1 atom stereocenters. The van der Waals surface area contributed by atoms with E-state index in [4.69, 9.17) is 5.73 Å². The number of nitrogens with two attached hydrogens (primary N) is 1. The van der Waals surface area contributed by atoms with Gasteiger partial charge >= 0.3 is 0 Å². The molecule has 0 fully saturated rings. The van der Waals surface area contributed by atoms with Crippen molar-refractivity contribution in [2.45, 2.75) is 39.2 Å². The standard InChI is InChI=1S/C17H24N4O/c1-3-7-14(22)11-19-16-15(12(2)20-17(18)21-16)10-13-8-5-4-6-9-13/h4-6,8-9,14,22H,3,7,10-11H2,1-2H3,(H3,18,19,20,21). The molecule has 2 aromatic rings.